The van der Waals surface area contributed by atoms with Gasteiger partial charge in [-0.2, -0.15) is 0 Å². The minimum absolute atomic E-state index is 0.0971. The molecule has 1 aromatic heterocycles. The number of aromatic nitrogens is 3. The highest BCUT2D eigenvalue weighted by Crippen LogP contribution is 2.32. The average molecular weight is 353 g/mol. The number of hydrogen-bond acceptors (Lipinski definition) is 4. The lowest BCUT2D eigenvalue weighted by molar-refractivity contribution is -0.119. The van der Waals surface area contributed by atoms with Crippen LogP contribution in [-0.2, 0) is 4.79 Å². The van der Waals surface area contributed by atoms with Crippen molar-refractivity contribution < 1.29 is 4.79 Å². The molecule has 1 aliphatic carbocycles. The van der Waals surface area contributed by atoms with Gasteiger partial charge < -0.3 is 9.88 Å². The second kappa shape index (κ2) is 10.1. The molecule has 0 bridgehead atoms. The third-order valence-corrected chi connectivity index (χ3v) is 5.70. The van der Waals surface area contributed by atoms with Crippen molar-refractivity contribution in [3.05, 3.63) is 5.82 Å². The summed E-state index contributed by atoms with van der Waals surface area (Å²) in [7, 11) is 0. The highest BCUT2D eigenvalue weighted by molar-refractivity contribution is 7.99. The lowest BCUT2D eigenvalue weighted by Crippen LogP contribution is -2.33. The molecule has 0 aromatic carbocycles. The van der Waals surface area contributed by atoms with Gasteiger partial charge in [0.25, 0.3) is 0 Å². The number of thioether (sulfide) groups is 1. The fourth-order valence-corrected chi connectivity index (χ4v) is 4.29. The topological polar surface area (TPSA) is 59.8 Å². The zero-order valence-corrected chi connectivity index (χ0v) is 16.2. The fourth-order valence-electron chi connectivity index (χ4n) is 3.43. The molecular formula is C18H32N4OS. The Bertz CT molecular complexity index is 511. The molecule has 1 aromatic rings. The molecule has 1 atom stereocenters. The fraction of sp³-hybridized carbons (Fsp3) is 0.833. The molecule has 0 saturated heterocycles. The van der Waals surface area contributed by atoms with Crippen molar-refractivity contribution >= 4 is 17.7 Å². The van der Waals surface area contributed by atoms with E-state index in [0.717, 1.165) is 17.4 Å². The number of hydrogen-bond donors (Lipinski definition) is 1. The van der Waals surface area contributed by atoms with Gasteiger partial charge >= 0.3 is 0 Å². The van der Waals surface area contributed by atoms with Gasteiger partial charge in [-0.1, -0.05) is 57.2 Å². The molecule has 5 nitrogen and oxygen atoms in total. The van der Waals surface area contributed by atoms with E-state index in [4.69, 9.17) is 0 Å². The van der Waals surface area contributed by atoms with Crippen LogP contribution in [0.1, 0.15) is 83.5 Å². The third-order valence-electron chi connectivity index (χ3n) is 4.76. The van der Waals surface area contributed by atoms with Crippen LogP contribution in [0.2, 0.25) is 0 Å². The van der Waals surface area contributed by atoms with E-state index in [1.165, 1.54) is 63.1 Å². The first-order valence-electron chi connectivity index (χ1n) is 9.45. The number of rotatable bonds is 9. The van der Waals surface area contributed by atoms with E-state index in [0.29, 0.717) is 11.8 Å². The Morgan fingerprint density at radius 2 is 2.04 bits per heavy atom. The summed E-state index contributed by atoms with van der Waals surface area (Å²) in [5, 5.41) is 12.5. The Balaban J connectivity index is 1.82. The van der Waals surface area contributed by atoms with Gasteiger partial charge in [-0.25, -0.2) is 0 Å². The normalized spacial score (nSPS) is 17.0. The summed E-state index contributed by atoms with van der Waals surface area (Å²) in [5.41, 5.74) is 0. The van der Waals surface area contributed by atoms with E-state index in [-0.39, 0.29) is 11.9 Å². The highest BCUT2D eigenvalue weighted by atomic mass is 32.2. The Hall–Kier alpha value is -1.04. The lowest BCUT2D eigenvalue weighted by atomic mass is 9.95. The molecule has 1 unspecified atom stereocenters. The monoisotopic (exact) mass is 352 g/mol. The maximum Gasteiger partial charge on any atom is 0.230 e. The van der Waals surface area contributed by atoms with Crippen LogP contribution in [0.25, 0.3) is 0 Å². The van der Waals surface area contributed by atoms with E-state index < -0.39 is 0 Å². The lowest BCUT2D eigenvalue weighted by Gasteiger charge is -2.25. The van der Waals surface area contributed by atoms with Gasteiger partial charge in [-0.15, -0.1) is 10.2 Å². The van der Waals surface area contributed by atoms with Gasteiger partial charge in [0.1, 0.15) is 5.82 Å². The van der Waals surface area contributed by atoms with E-state index in [1.807, 2.05) is 6.92 Å². The molecule has 1 fully saturated rings. The van der Waals surface area contributed by atoms with Crippen LogP contribution in [-0.4, -0.2) is 32.5 Å². The number of carbonyl (C=O) groups excluding carboxylic acids is 1. The molecule has 24 heavy (non-hydrogen) atoms. The number of aryl methyl sites for hydroxylation is 1. The largest absolute Gasteiger partial charge is 0.353 e. The van der Waals surface area contributed by atoms with Crippen LogP contribution < -0.4 is 5.32 Å². The highest BCUT2D eigenvalue weighted by Gasteiger charge is 2.21. The predicted octanol–water partition coefficient (Wildman–Crippen LogP) is 4.27. The van der Waals surface area contributed by atoms with Crippen LogP contribution in [0.4, 0.5) is 0 Å². The van der Waals surface area contributed by atoms with Gasteiger partial charge in [0.05, 0.1) is 5.75 Å². The molecule has 2 rings (SSSR count). The molecular weight excluding hydrogens is 320 g/mol. The second-order valence-corrected chi connectivity index (χ2v) is 7.89. The predicted molar refractivity (Wildman–Crippen MR) is 99.4 cm³/mol. The number of unbranched alkanes of at least 4 members (excludes halogenated alkanes) is 2. The van der Waals surface area contributed by atoms with Crippen molar-refractivity contribution in [2.24, 2.45) is 0 Å². The summed E-state index contributed by atoms with van der Waals surface area (Å²) >= 11 is 1.52. The van der Waals surface area contributed by atoms with Crippen molar-refractivity contribution in [3.63, 3.8) is 0 Å². The molecule has 0 spiro atoms. The molecule has 6 heteroatoms. The third kappa shape index (κ3) is 5.80. The minimum Gasteiger partial charge on any atom is -0.353 e. The molecule has 1 N–H and O–H groups in total. The quantitative estimate of drug-likeness (QED) is 0.532. The molecule has 1 amide bonds. The summed E-state index contributed by atoms with van der Waals surface area (Å²) < 4.78 is 2.25. The summed E-state index contributed by atoms with van der Waals surface area (Å²) in [6, 6.07) is 0.759. The van der Waals surface area contributed by atoms with Crippen molar-refractivity contribution in [1.82, 2.24) is 20.1 Å². The van der Waals surface area contributed by atoms with Crippen molar-refractivity contribution in [2.45, 2.75) is 95.8 Å². The smallest absolute Gasteiger partial charge is 0.230 e. The number of carbonyl (C=O) groups is 1. The molecule has 0 radical (unpaired) electrons. The molecule has 0 aliphatic heterocycles. The second-order valence-electron chi connectivity index (χ2n) is 6.94. The van der Waals surface area contributed by atoms with E-state index in [1.54, 1.807) is 0 Å². The van der Waals surface area contributed by atoms with Crippen LogP contribution in [0.5, 0.6) is 0 Å². The van der Waals surface area contributed by atoms with Gasteiger partial charge in [0, 0.05) is 12.1 Å². The maximum atomic E-state index is 12.2. The standard InChI is InChI=1S/C18H32N4OS/c1-4-5-7-10-14(2)19-17(23)13-24-18-21-20-15(3)22(18)16-11-8-6-9-12-16/h14,16H,4-13H2,1-3H3,(H,19,23). The van der Waals surface area contributed by atoms with E-state index in [9.17, 15) is 4.79 Å². The van der Waals surface area contributed by atoms with Crippen LogP contribution in [0.3, 0.4) is 0 Å². The number of amides is 1. The summed E-state index contributed by atoms with van der Waals surface area (Å²) in [6.45, 7) is 6.30. The summed E-state index contributed by atoms with van der Waals surface area (Å²) in [6.07, 6.45) is 11.0. The Labute approximate surface area is 150 Å². The zero-order chi connectivity index (χ0) is 17.4. The summed E-state index contributed by atoms with van der Waals surface area (Å²) in [4.78, 5) is 12.2. The van der Waals surface area contributed by atoms with Crippen molar-refractivity contribution in [1.29, 1.82) is 0 Å². The van der Waals surface area contributed by atoms with Crippen molar-refractivity contribution in [3.8, 4) is 0 Å². The van der Waals surface area contributed by atoms with Gasteiger partial charge in [-0.3, -0.25) is 4.79 Å². The van der Waals surface area contributed by atoms with Gasteiger partial charge in [-0.05, 0) is 33.1 Å². The molecule has 1 aliphatic rings. The van der Waals surface area contributed by atoms with Gasteiger partial charge in [0.15, 0.2) is 5.16 Å². The molecule has 1 saturated carbocycles. The Kier molecular flexibility index (Phi) is 8.09. The minimum atomic E-state index is 0.0971. The average Bonchev–Trinajstić information content (AvgIpc) is 2.94. The van der Waals surface area contributed by atoms with E-state index in [2.05, 4.69) is 33.9 Å². The maximum absolute atomic E-state index is 12.2. The first-order valence-corrected chi connectivity index (χ1v) is 10.4. The van der Waals surface area contributed by atoms with E-state index >= 15 is 0 Å². The molecule has 136 valence electrons. The first kappa shape index (κ1) is 19.3. The SMILES string of the molecule is CCCCCC(C)NC(=O)CSc1nnc(C)n1C1CCCCC1. The van der Waals surface area contributed by atoms with Crippen molar-refractivity contribution in [2.75, 3.05) is 5.75 Å². The van der Waals surface area contributed by atoms with Crippen LogP contribution in [0, 0.1) is 6.92 Å². The van der Waals surface area contributed by atoms with Gasteiger partial charge in [0.2, 0.25) is 5.91 Å². The number of nitrogens with one attached hydrogen (secondary N) is 1. The first-order chi connectivity index (χ1) is 11.6. The number of nitrogens with zero attached hydrogens (tertiary/aromatic N) is 3. The Morgan fingerprint density at radius 3 is 2.75 bits per heavy atom. The van der Waals surface area contributed by atoms with Crippen LogP contribution >= 0.6 is 11.8 Å². The Morgan fingerprint density at radius 1 is 1.29 bits per heavy atom. The van der Waals surface area contributed by atoms with Crippen LogP contribution in [0.15, 0.2) is 5.16 Å². The summed E-state index contributed by atoms with van der Waals surface area (Å²) in [5.74, 6) is 1.49. The molecule has 1 heterocycles. The zero-order valence-electron chi connectivity index (χ0n) is 15.4.